The first-order chi connectivity index (χ1) is 13.0. The standard InChI is InChI=1S/C20H19N3O4/c1-11-16-9-15(27-18(16)22-12(2)21-11)10-23-7-6-13-4-5-14(20(25)26-3)8-17(13)19(23)24/h4-8,15H,9-10H2,1-3H3. The molecule has 1 aromatic carbocycles. The maximum Gasteiger partial charge on any atom is 0.337 e. The van der Waals surface area contributed by atoms with Gasteiger partial charge in [-0.05, 0) is 37.4 Å². The molecule has 0 radical (unpaired) electrons. The Kier molecular flexibility index (Phi) is 4.14. The van der Waals surface area contributed by atoms with Gasteiger partial charge >= 0.3 is 5.97 Å². The van der Waals surface area contributed by atoms with Gasteiger partial charge in [0.2, 0.25) is 5.88 Å². The average Bonchev–Trinajstić information content (AvgIpc) is 3.06. The number of nitrogens with zero attached hydrogens (tertiary/aromatic N) is 3. The molecule has 1 unspecified atom stereocenters. The van der Waals surface area contributed by atoms with Gasteiger partial charge in [-0.3, -0.25) is 4.79 Å². The van der Waals surface area contributed by atoms with E-state index in [1.54, 1.807) is 29.0 Å². The van der Waals surface area contributed by atoms with Crippen LogP contribution in [0.3, 0.4) is 0 Å². The smallest absolute Gasteiger partial charge is 0.337 e. The van der Waals surface area contributed by atoms with Crippen LogP contribution in [0.2, 0.25) is 0 Å². The normalized spacial score (nSPS) is 15.4. The van der Waals surface area contributed by atoms with Gasteiger partial charge in [0, 0.05) is 29.3 Å². The summed E-state index contributed by atoms with van der Waals surface area (Å²) >= 11 is 0. The summed E-state index contributed by atoms with van der Waals surface area (Å²) in [6.07, 6.45) is 2.22. The molecule has 0 amide bonds. The van der Waals surface area contributed by atoms with Crippen molar-refractivity contribution in [1.29, 1.82) is 0 Å². The van der Waals surface area contributed by atoms with Crippen molar-refractivity contribution in [2.75, 3.05) is 7.11 Å². The zero-order valence-electron chi connectivity index (χ0n) is 15.4. The Morgan fingerprint density at radius 1 is 1.30 bits per heavy atom. The molecular formula is C20H19N3O4. The fraction of sp³-hybridized carbons (Fsp3) is 0.300. The van der Waals surface area contributed by atoms with E-state index in [1.807, 2.05) is 19.9 Å². The molecule has 27 heavy (non-hydrogen) atoms. The molecule has 7 nitrogen and oxygen atoms in total. The first-order valence-corrected chi connectivity index (χ1v) is 8.68. The molecule has 0 aliphatic carbocycles. The fourth-order valence-corrected chi connectivity index (χ4v) is 3.45. The molecule has 0 saturated carbocycles. The fourth-order valence-electron chi connectivity index (χ4n) is 3.45. The topological polar surface area (TPSA) is 83.3 Å². The van der Waals surface area contributed by atoms with Gasteiger partial charge in [0.05, 0.1) is 19.2 Å². The van der Waals surface area contributed by atoms with Gasteiger partial charge in [0.15, 0.2) is 0 Å². The molecule has 138 valence electrons. The number of benzene rings is 1. The number of hydrogen-bond donors (Lipinski definition) is 0. The molecule has 3 heterocycles. The van der Waals surface area contributed by atoms with Crippen LogP contribution in [0.15, 0.2) is 35.3 Å². The van der Waals surface area contributed by atoms with E-state index in [0.29, 0.717) is 35.6 Å². The number of rotatable bonds is 3. The average molecular weight is 365 g/mol. The van der Waals surface area contributed by atoms with Crippen LogP contribution in [0, 0.1) is 13.8 Å². The molecule has 7 heteroatoms. The molecule has 0 spiro atoms. The van der Waals surface area contributed by atoms with Gasteiger partial charge in [0.25, 0.3) is 5.56 Å². The highest BCUT2D eigenvalue weighted by Gasteiger charge is 2.27. The lowest BCUT2D eigenvalue weighted by atomic mass is 10.1. The lowest BCUT2D eigenvalue weighted by Gasteiger charge is -2.13. The van der Waals surface area contributed by atoms with E-state index in [9.17, 15) is 9.59 Å². The van der Waals surface area contributed by atoms with Crippen LogP contribution in [0.1, 0.15) is 27.4 Å². The lowest BCUT2D eigenvalue weighted by Crippen LogP contribution is -2.29. The number of carbonyl (C=O) groups excluding carboxylic acids is 1. The van der Waals surface area contributed by atoms with Gasteiger partial charge in [0.1, 0.15) is 11.9 Å². The third-order valence-electron chi connectivity index (χ3n) is 4.80. The molecule has 0 N–H and O–H groups in total. The number of esters is 1. The Bertz CT molecular complexity index is 1120. The Labute approximate surface area is 155 Å². The number of pyridine rings is 1. The van der Waals surface area contributed by atoms with Gasteiger partial charge in [-0.1, -0.05) is 6.07 Å². The Morgan fingerprint density at radius 2 is 2.11 bits per heavy atom. The van der Waals surface area contributed by atoms with Crippen molar-refractivity contribution in [3.05, 3.63) is 63.5 Å². The maximum atomic E-state index is 12.9. The van der Waals surface area contributed by atoms with Crippen molar-refractivity contribution in [3.8, 4) is 5.88 Å². The van der Waals surface area contributed by atoms with E-state index < -0.39 is 5.97 Å². The maximum absolute atomic E-state index is 12.9. The van der Waals surface area contributed by atoms with E-state index in [-0.39, 0.29) is 11.7 Å². The summed E-state index contributed by atoms with van der Waals surface area (Å²) < 4.78 is 12.3. The first-order valence-electron chi connectivity index (χ1n) is 8.68. The number of ether oxygens (including phenoxy) is 2. The highest BCUT2D eigenvalue weighted by Crippen LogP contribution is 2.29. The third-order valence-corrected chi connectivity index (χ3v) is 4.80. The summed E-state index contributed by atoms with van der Waals surface area (Å²) in [7, 11) is 1.32. The minimum atomic E-state index is -0.467. The third kappa shape index (κ3) is 3.05. The van der Waals surface area contributed by atoms with E-state index in [0.717, 1.165) is 16.6 Å². The second kappa shape index (κ2) is 6.50. The van der Waals surface area contributed by atoms with Crippen LogP contribution < -0.4 is 10.3 Å². The van der Waals surface area contributed by atoms with Crippen LogP contribution in [-0.2, 0) is 17.7 Å². The minimum absolute atomic E-state index is 0.170. The Balaban J connectivity index is 1.65. The van der Waals surface area contributed by atoms with Crippen LogP contribution in [0.5, 0.6) is 5.88 Å². The van der Waals surface area contributed by atoms with Crippen LogP contribution in [0.25, 0.3) is 10.8 Å². The summed E-state index contributed by atoms with van der Waals surface area (Å²) in [5, 5.41) is 1.25. The highest BCUT2D eigenvalue weighted by molar-refractivity contribution is 5.95. The molecule has 1 aliphatic rings. The summed E-state index contributed by atoms with van der Waals surface area (Å²) in [6, 6.07) is 6.83. The number of hydrogen-bond acceptors (Lipinski definition) is 6. The molecule has 1 aliphatic heterocycles. The van der Waals surface area contributed by atoms with E-state index in [4.69, 9.17) is 9.47 Å². The quantitative estimate of drug-likeness (QED) is 0.662. The lowest BCUT2D eigenvalue weighted by molar-refractivity contribution is 0.0601. The Morgan fingerprint density at radius 3 is 2.89 bits per heavy atom. The summed E-state index contributed by atoms with van der Waals surface area (Å²) in [4.78, 5) is 33.4. The van der Waals surface area contributed by atoms with Gasteiger partial charge in [-0.2, -0.15) is 4.98 Å². The second-order valence-corrected chi connectivity index (χ2v) is 6.65. The Hall–Kier alpha value is -3.22. The van der Waals surface area contributed by atoms with E-state index in [1.165, 1.54) is 7.11 Å². The van der Waals surface area contributed by atoms with Crippen molar-refractivity contribution in [2.45, 2.75) is 32.9 Å². The molecule has 2 aromatic heterocycles. The monoisotopic (exact) mass is 365 g/mol. The minimum Gasteiger partial charge on any atom is -0.472 e. The predicted molar refractivity (Wildman–Crippen MR) is 99.2 cm³/mol. The summed E-state index contributed by atoms with van der Waals surface area (Å²) in [6.45, 7) is 4.17. The summed E-state index contributed by atoms with van der Waals surface area (Å²) in [5.74, 6) is 0.808. The number of aryl methyl sites for hydroxylation is 2. The van der Waals surface area contributed by atoms with Gasteiger partial charge in [-0.15, -0.1) is 0 Å². The predicted octanol–water partition coefficient (Wildman–Crippen LogP) is 2.20. The molecule has 3 aromatic rings. The second-order valence-electron chi connectivity index (χ2n) is 6.65. The molecule has 0 fully saturated rings. The number of fused-ring (bicyclic) bond motifs is 2. The molecular weight excluding hydrogens is 346 g/mol. The molecule has 0 saturated heterocycles. The highest BCUT2D eigenvalue weighted by atomic mass is 16.5. The van der Waals surface area contributed by atoms with Crippen molar-refractivity contribution in [3.63, 3.8) is 0 Å². The first kappa shape index (κ1) is 17.2. The SMILES string of the molecule is COC(=O)c1ccc2ccn(CC3Cc4c(C)nc(C)nc4O3)c(=O)c2c1. The van der Waals surface area contributed by atoms with Gasteiger partial charge < -0.3 is 14.0 Å². The van der Waals surface area contributed by atoms with Crippen molar-refractivity contribution < 1.29 is 14.3 Å². The molecule has 1 atom stereocenters. The largest absolute Gasteiger partial charge is 0.472 e. The number of carbonyl (C=O) groups is 1. The van der Waals surface area contributed by atoms with E-state index >= 15 is 0 Å². The van der Waals surface area contributed by atoms with Crippen molar-refractivity contribution in [1.82, 2.24) is 14.5 Å². The number of methoxy groups -OCH3 is 1. The van der Waals surface area contributed by atoms with Crippen LogP contribution in [0.4, 0.5) is 0 Å². The number of aromatic nitrogens is 3. The van der Waals surface area contributed by atoms with Crippen molar-refractivity contribution in [2.24, 2.45) is 0 Å². The zero-order valence-corrected chi connectivity index (χ0v) is 15.4. The van der Waals surface area contributed by atoms with Crippen LogP contribution >= 0.6 is 0 Å². The molecule has 4 rings (SSSR count). The van der Waals surface area contributed by atoms with Crippen LogP contribution in [-0.4, -0.2) is 33.7 Å². The summed E-state index contributed by atoms with van der Waals surface area (Å²) in [5.41, 5.74) is 2.09. The van der Waals surface area contributed by atoms with Gasteiger partial charge in [-0.25, -0.2) is 9.78 Å². The zero-order chi connectivity index (χ0) is 19.1. The molecule has 0 bridgehead atoms. The van der Waals surface area contributed by atoms with E-state index in [2.05, 4.69) is 9.97 Å². The van der Waals surface area contributed by atoms with Crippen molar-refractivity contribution >= 4 is 16.7 Å².